The Labute approximate surface area is 177 Å². The third-order valence-corrected chi connectivity index (χ3v) is 6.85. The summed E-state index contributed by atoms with van der Waals surface area (Å²) in [6, 6.07) is 20.7. The van der Waals surface area contributed by atoms with Crippen molar-refractivity contribution < 1.29 is 10.2 Å². The minimum Gasteiger partial charge on any atom is -0.507 e. The van der Waals surface area contributed by atoms with Crippen LogP contribution in [0.25, 0.3) is 21.5 Å². The molecule has 4 aromatic carbocycles. The van der Waals surface area contributed by atoms with Gasteiger partial charge in [0, 0.05) is 10.8 Å². The van der Waals surface area contributed by atoms with Gasteiger partial charge in [0.1, 0.15) is 11.5 Å². The van der Waals surface area contributed by atoms with Crippen LogP contribution < -0.4 is 0 Å². The molecule has 1 aliphatic carbocycles. The van der Waals surface area contributed by atoms with Crippen molar-refractivity contribution in [2.75, 3.05) is 0 Å². The second-order valence-electron chi connectivity index (χ2n) is 8.78. The first-order chi connectivity index (χ1) is 14.6. The highest BCUT2D eigenvalue weighted by Gasteiger charge is 2.22. The number of fused-ring (bicyclic) bond motifs is 2. The standard InChI is InChI=1S/C28H28O2/c1-18-15-20(22-11-5-7-13-24(22)27(18)29)16-21-17-26(19-9-3-2-4-10-19)28(30)25-14-8-6-12-23(21)25/h5-8,11-15,17,19,29-30H,2-4,9-10,16H2,1H3. The molecular weight excluding hydrogens is 368 g/mol. The van der Waals surface area contributed by atoms with Crippen LogP contribution in [-0.2, 0) is 6.42 Å². The van der Waals surface area contributed by atoms with Crippen LogP contribution in [0.4, 0.5) is 0 Å². The molecule has 0 bridgehead atoms. The van der Waals surface area contributed by atoms with Gasteiger partial charge in [-0.15, -0.1) is 0 Å². The van der Waals surface area contributed by atoms with Gasteiger partial charge in [0.15, 0.2) is 0 Å². The summed E-state index contributed by atoms with van der Waals surface area (Å²) in [4.78, 5) is 0. The van der Waals surface area contributed by atoms with Gasteiger partial charge in [-0.1, -0.05) is 79.9 Å². The van der Waals surface area contributed by atoms with Crippen molar-refractivity contribution in [1.29, 1.82) is 0 Å². The molecule has 0 aliphatic heterocycles. The minimum atomic E-state index is 0.368. The average Bonchev–Trinajstić information content (AvgIpc) is 2.79. The summed E-state index contributed by atoms with van der Waals surface area (Å²) in [6.45, 7) is 1.97. The molecule has 0 amide bonds. The largest absolute Gasteiger partial charge is 0.507 e. The van der Waals surface area contributed by atoms with Gasteiger partial charge < -0.3 is 10.2 Å². The lowest BCUT2D eigenvalue weighted by atomic mass is 9.81. The van der Waals surface area contributed by atoms with E-state index in [1.807, 2.05) is 43.3 Å². The van der Waals surface area contributed by atoms with Crippen LogP contribution in [0.1, 0.15) is 60.3 Å². The van der Waals surface area contributed by atoms with Crippen molar-refractivity contribution in [3.8, 4) is 11.5 Å². The lowest BCUT2D eigenvalue weighted by molar-refractivity contribution is 0.417. The SMILES string of the molecule is Cc1cc(Cc2cc(C3CCCCC3)c(O)c3ccccc23)c2ccccc2c1O. The van der Waals surface area contributed by atoms with Crippen LogP contribution in [-0.4, -0.2) is 10.2 Å². The third kappa shape index (κ3) is 3.21. The fourth-order valence-electron chi connectivity index (χ4n) is 5.27. The molecule has 1 aliphatic rings. The zero-order valence-electron chi connectivity index (χ0n) is 17.5. The summed E-state index contributed by atoms with van der Waals surface area (Å²) >= 11 is 0. The van der Waals surface area contributed by atoms with Gasteiger partial charge in [0.05, 0.1) is 0 Å². The van der Waals surface area contributed by atoms with Crippen molar-refractivity contribution in [2.24, 2.45) is 0 Å². The van der Waals surface area contributed by atoms with E-state index in [4.69, 9.17) is 0 Å². The maximum Gasteiger partial charge on any atom is 0.126 e. The molecule has 0 aromatic heterocycles. The summed E-state index contributed by atoms with van der Waals surface area (Å²) in [5.41, 5.74) is 4.48. The van der Waals surface area contributed by atoms with Crippen LogP contribution in [0.3, 0.4) is 0 Å². The van der Waals surface area contributed by atoms with Gasteiger partial charge >= 0.3 is 0 Å². The zero-order chi connectivity index (χ0) is 20.7. The van der Waals surface area contributed by atoms with Crippen LogP contribution in [0.2, 0.25) is 0 Å². The van der Waals surface area contributed by atoms with Crippen molar-refractivity contribution in [3.05, 3.63) is 82.9 Å². The highest BCUT2D eigenvalue weighted by atomic mass is 16.3. The lowest BCUT2D eigenvalue weighted by Gasteiger charge is -2.24. The second kappa shape index (κ2) is 7.68. The van der Waals surface area contributed by atoms with Gasteiger partial charge in [-0.05, 0) is 65.1 Å². The van der Waals surface area contributed by atoms with E-state index in [-0.39, 0.29) is 0 Å². The monoisotopic (exact) mass is 396 g/mol. The summed E-state index contributed by atoms with van der Waals surface area (Å²) in [5, 5.41) is 25.7. The first kappa shape index (κ1) is 19.0. The Morgan fingerprint density at radius 2 is 1.23 bits per heavy atom. The molecule has 0 spiro atoms. The number of rotatable bonds is 3. The first-order valence-electron chi connectivity index (χ1n) is 11.1. The van der Waals surface area contributed by atoms with E-state index >= 15 is 0 Å². The molecule has 30 heavy (non-hydrogen) atoms. The van der Waals surface area contributed by atoms with Gasteiger partial charge in [0.2, 0.25) is 0 Å². The predicted octanol–water partition coefficient (Wildman–Crippen LogP) is 7.35. The van der Waals surface area contributed by atoms with E-state index in [0.717, 1.165) is 51.9 Å². The van der Waals surface area contributed by atoms with Crippen molar-refractivity contribution in [1.82, 2.24) is 0 Å². The van der Waals surface area contributed by atoms with Gasteiger partial charge in [-0.25, -0.2) is 0 Å². The maximum absolute atomic E-state index is 11.1. The van der Waals surface area contributed by atoms with E-state index in [0.29, 0.717) is 17.4 Å². The number of aryl methyl sites for hydroxylation is 1. The maximum atomic E-state index is 11.1. The fraction of sp³-hybridized carbons (Fsp3) is 0.286. The Balaban J connectivity index is 1.69. The topological polar surface area (TPSA) is 40.5 Å². The average molecular weight is 397 g/mol. The molecular formula is C28H28O2. The number of phenols is 2. The zero-order valence-corrected chi connectivity index (χ0v) is 17.5. The van der Waals surface area contributed by atoms with Crippen LogP contribution in [0.5, 0.6) is 11.5 Å². The van der Waals surface area contributed by atoms with E-state index in [1.54, 1.807) is 0 Å². The molecule has 0 unspecified atom stereocenters. The molecule has 0 saturated heterocycles. The van der Waals surface area contributed by atoms with E-state index in [2.05, 4.69) is 24.3 Å². The molecule has 0 heterocycles. The van der Waals surface area contributed by atoms with Crippen LogP contribution in [0, 0.1) is 6.92 Å². The quantitative estimate of drug-likeness (QED) is 0.380. The summed E-state index contributed by atoms with van der Waals surface area (Å²) in [6.07, 6.45) is 6.89. The third-order valence-electron chi connectivity index (χ3n) is 6.85. The Kier molecular flexibility index (Phi) is 4.86. The lowest BCUT2D eigenvalue weighted by Crippen LogP contribution is -2.06. The predicted molar refractivity (Wildman–Crippen MR) is 125 cm³/mol. The number of hydrogen-bond donors (Lipinski definition) is 2. The van der Waals surface area contributed by atoms with E-state index in [1.165, 1.54) is 30.4 Å². The number of phenolic OH excluding ortho intramolecular Hbond substituents is 2. The molecule has 0 atom stereocenters. The molecule has 1 fully saturated rings. The van der Waals surface area contributed by atoms with Crippen LogP contribution in [0.15, 0.2) is 60.7 Å². The Hall–Kier alpha value is -3.00. The number of hydrogen-bond acceptors (Lipinski definition) is 2. The van der Waals surface area contributed by atoms with Crippen molar-refractivity contribution in [3.63, 3.8) is 0 Å². The fourth-order valence-corrected chi connectivity index (χ4v) is 5.27. The molecule has 4 aromatic rings. The summed E-state index contributed by atoms with van der Waals surface area (Å²) < 4.78 is 0. The van der Waals surface area contributed by atoms with E-state index in [9.17, 15) is 10.2 Å². The van der Waals surface area contributed by atoms with Crippen LogP contribution >= 0.6 is 0 Å². The first-order valence-corrected chi connectivity index (χ1v) is 11.1. The Bertz CT molecular complexity index is 1230. The molecule has 2 N–H and O–H groups in total. The number of benzene rings is 4. The molecule has 2 heteroatoms. The highest BCUT2D eigenvalue weighted by Crippen LogP contribution is 2.42. The normalized spacial score (nSPS) is 15.1. The van der Waals surface area contributed by atoms with E-state index < -0.39 is 0 Å². The molecule has 152 valence electrons. The summed E-state index contributed by atoms with van der Waals surface area (Å²) in [5.74, 6) is 1.28. The van der Waals surface area contributed by atoms with Gasteiger partial charge in [0.25, 0.3) is 0 Å². The number of aromatic hydroxyl groups is 2. The van der Waals surface area contributed by atoms with Gasteiger partial charge in [-0.3, -0.25) is 0 Å². The Morgan fingerprint density at radius 1 is 0.700 bits per heavy atom. The molecule has 5 rings (SSSR count). The molecule has 0 radical (unpaired) electrons. The highest BCUT2D eigenvalue weighted by molar-refractivity contribution is 5.95. The Morgan fingerprint density at radius 3 is 1.87 bits per heavy atom. The van der Waals surface area contributed by atoms with Gasteiger partial charge in [-0.2, -0.15) is 0 Å². The molecule has 2 nitrogen and oxygen atoms in total. The molecule has 1 saturated carbocycles. The van der Waals surface area contributed by atoms with Crippen molar-refractivity contribution >= 4 is 21.5 Å². The second-order valence-corrected chi connectivity index (χ2v) is 8.78. The minimum absolute atomic E-state index is 0.368. The summed E-state index contributed by atoms with van der Waals surface area (Å²) in [7, 11) is 0. The van der Waals surface area contributed by atoms with Crippen molar-refractivity contribution in [2.45, 2.75) is 51.4 Å². The smallest absolute Gasteiger partial charge is 0.126 e.